The molecule has 0 heterocycles. The summed E-state index contributed by atoms with van der Waals surface area (Å²) in [5, 5.41) is 9.45. The van der Waals surface area contributed by atoms with Crippen molar-refractivity contribution in [3.8, 4) is 0 Å². The van der Waals surface area contributed by atoms with E-state index in [0.29, 0.717) is 0 Å². The van der Waals surface area contributed by atoms with Gasteiger partial charge >= 0.3 is 0 Å². The molecule has 9 heavy (non-hydrogen) atoms. The van der Waals surface area contributed by atoms with Crippen LogP contribution < -0.4 is 0 Å². The van der Waals surface area contributed by atoms with Crippen LogP contribution in [0.5, 0.6) is 0 Å². The first kappa shape index (κ1) is 8.92. The smallest absolute Gasteiger partial charge is 0.108 e. The fourth-order valence-electron chi connectivity index (χ4n) is 1.08. The van der Waals surface area contributed by atoms with E-state index in [2.05, 4.69) is 13.8 Å². The third-order valence-corrected chi connectivity index (χ3v) is 1.41. The van der Waals surface area contributed by atoms with Crippen LogP contribution in [0.1, 0.15) is 26.7 Å². The van der Waals surface area contributed by atoms with Crippen molar-refractivity contribution >= 4 is 0 Å². The molecule has 2 heteroatoms. The zero-order valence-electron chi connectivity index (χ0n) is 6.72. The highest BCUT2D eigenvalue weighted by atomic mass is 16.5. The average molecular weight is 132 g/mol. The lowest BCUT2D eigenvalue weighted by Crippen LogP contribution is -2.41. The fourth-order valence-corrected chi connectivity index (χ4v) is 1.08. The van der Waals surface area contributed by atoms with Crippen molar-refractivity contribution in [3.05, 3.63) is 0 Å². The van der Waals surface area contributed by atoms with Gasteiger partial charge in [0, 0.05) is 0 Å². The van der Waals surface area contributed by atoms with Gasteiger partial charge in [-0.05, 0) is 12.8 Å². The third kappa shape index (κ3) is 4.43. The molecule has 0 aromatic heterocycles. The van der Waals surface area contributed by atoms with Crippen molar-refractivity contribution in [2.75, 3.05) is 20.1 Å². The molecule has 1 N–H and O–H groups in total. The molecule has 0 saturated carbocycles. The maximum atomic E-state index is 9.45. The van der Waals surface area contributed by atoms with E-state index in [1.165, 1.54) is 0 Å². The highest BCUT2D eigenvalue weighted by Crippen LogP contribution is 1.98. The van der Waals surface area contributed by atoms with Crippen molar-refractivity contribution in [2.24, 2.45) is 0 Å². The number of hydroxylamine groups is 3. The highest BCUT2D eigenvalue weighted by Gasteiger charge is 2.14. The topological polar surface area (TPSA) is 20.2 Å². The zero-order chi connectivity index (χ0) is 7.33. The van der Waals surface area contributed by atoms with Crippen molar-refractivity contribution < 1.29 is 9.85 Å². The van der Waals surface area contributed by atoms with Crippen LogP contribution in [0.25, 0.3) is 0 Å². The van der Waals surface area contributed by atoms with Gasteiger partial charge in [0.05, 0.1) is 7.05 Å². The Bertz CT molecular complexity index is 63.3. The molecule has 0 rings (SSSR count). The summed E-state index contributed by atoms with van der Waals surface area (Å²) in [6.07, 6.45) is 2.10. The van der Waals surface area contributed by atoms with E-state index >= 15 is 0 Å². The van der Waals surface area contributed by atoms with Gasteiger partial charge in [-0.25, -0.2) is 5.21 Å². The van der Waals surface area contributed by atoms with Crippen molar-refractivity contribution in [3.63, 3.8) is 0 Å². The van der Waals surface area contributed by atoms with E-state index in [1.807, 2.05) is 7.05 Å². The van der Waals surface area contributed by atoms with E-state index in [-0.39, 0.29) is 4.65 Å². The normalized spacial score (nSPS) is 12.0. The van der Waals surface area contributed by atoms with Gasteiger partial charge in [0.1, 0.15) is 13.1 Å². The summed E-state index contributed by atoms with van der Waals surface area (Å²) in [6, 6.07) is 0. The molecule has 0 unspecified atom stereocenters. The van der Waals surface area contributed by atoms with E-state index < -0.39 is 0 Å². The second kappa shape index (κ2) is 3.85. The van der Waals surface area contributed by atoms with Crippen LogP contribution in [-0.2, 0) is 0 Å². The Balaban J connectivity index is 3.43. The minimum atomic E-state index is 0.188. The van der Waals surface area contributed by atoms with Gasteiger partial charge in [-0.15, -0.1) is 0 Å². The SMILES string of the molecule is CCC[N+](C)(O)CCC. The molecule has 0 aliphatic carbocycles. The first-order valence-electron chi connectivity index (χ1n) is 3.69. The molecule has 2 nitrogen and oxygen atoms in total. The van der Waals surface area contributed by atoms with Crippen LogP contribution in [0.2, 0.25) is 0 Å². The summed E-state index contributed by atoms with van der Waals surface area (Å²) in [5.41, 5.74) is 0. The number of hydrogen-bond acceptors (Lipinski definition) is 1. The van der Waals surface area contributed by atoms with Crippen LogP contribution in [0, 0.1) is 0 Å². The first-order valence-corrected chi connectivity index (χ1v) is 3.69. The summed E-state index contributed by atoms with van der Waals surface area (Å²) in [7, 11) is 1.85. The lowest BCUT2D eigenvalue weighted by Gasteiger charge is -2.23. The fraction of sp³-hybridized carbons (Fsp3) is 1.00. The molecule has 0 bridgehead atoms. The molecule has 0 aromatic rings. The average Bonchev–Trinajstić information content (AvgIpc) is 1.64. The van der Waals surface area contributed by atoms with Crippen LogP contribution in [0.3, 0.4) is 0 Å². The van der Waals surface area contributed by atoms with Crippen LogP contribution in [-0.4, -0.2) is 30.0 Å². The van der Waals surface area contributed by atoms with Gasteiger partial charge in [-0.2, -0.15) is 4.65 Å². The minimum Gasteiger partial charge on any atom is -0.217 e. The predicted molar refractivity (Wildman–Crippen MR) is 38.3 cm³/mol. The van der Waals surface area contributed by atoms with Crippen LogP contribution in [0.15, 0.2) is 0 Å². The monoisotopic (exact) mass is 132 g/mol. The predicted octanol–water partition coefficient (Wildman–Crippen LogP) is 1.64. The Morgan fingerprint density at radius 2 is 1.44 bits per heavy atom. The van der Waals surface area contributed by atoms with Gasteiger partial charge in [-0.1, -0.05) is 13.8 Å². The Morgan fingerprint density at radius 1 is 1.11 bits per heavy atom. The summed E-state index contributed by atoms with van der Waals surface area (Å²) < 4.78 is 0.188. The number of rotatable bonds is 4. The molecule has 0 aromatic carbocycles. The number of quaternary nitrogens is 1. The van der Waals surface area contributed by atoms with Gasteiger partial charge in [0.25, 0.3) is 0 Å². The first-order chi connectivity index (χ1) is 4.12. The summed E-state index contributed by atoms with van der Waals surface area (Å²) in [5.74, 6) is 0. The van der Waals surface area contributed by atoms with Crippen molar-refractivity contribution in [2.45, 2.75) is 26.7 Å². The van der Waals surface area contributed by atoms with Crippen molar-refractivity contribution in [1.82, 2.24) is 0 Å². The molecule has 56 valence electrons. The molecular formula is C7H18NO+. The Labute approximate surface area is 57.6 Å². The third-order valence-electron chi connectivity index (χ3n) is 1.41. The summed E-state index contributed by atoms with van der Waals surface area (Å²) in [4.78, 5) is 0. The molecular weight excluding hydrogens is 114 g/mol. The van der Waals surface area contributed by atoms with E-state index in [1.54, 1.807) is 0 Å². The van der Waals surface area contributed by atoms with E-state index in [4.69, 9.17) is 0 Å². The second-order valence-electron chi connectivity index (χ2n) is 2.79. The zero-order valence-corrected chi connectivity index (χ0v) is 6.72. The van der Waals surface area contributed by atoms with Gasteiger partial charge in [-0.3, -0.25) is 0 Å². The molecule has 0 aliphatic heterocycles. The number of hydrogen-bond donors (Lipinski definition) is 1. The molecule has 0 atom stereocenters. The largest absolute Gasteiger partial charge is 0.217 e. The Morgan fingerprint density at radius 3 is 1.67 bits per heavy atom. The van der Waals surface area contributed by atoms with Crippen molar-refractivity contribution in [1.29, 1.82) is 0 Å². The lowest BCUT2D eigenvalue weighted by atomic mass is 10.4. The minimum absolute atomic E-state index is 0.188. The Kier molecular flexibility index (Phi) is 3.82. The Hall–Kier alpha value is -0.0800. The van der Waals surface area contributed by atoms with Crippen LogP contribution in [0.4, 0.5) is 0 Å². The molecule has 0 amide bonds. The highest BCUT2D eigenvalue weighted by molar-refractivity contribution is 4.26. The maximum Gasteiger partial charge on any atom is 0.108 e. The summed E-state index contributed by atoms with van der Waals surface area (Å²) in [6.45, 7) is 5.91. The molecule has 0 saturated heterocycles. The number of nitrogens with zero attached hydrogens (tertiary/aromatic N) is 1. The second-order valence-corrected chi connectivity index (χ2v) is 2.79. The van der Waals surface area contributed by atoms with E-state index in [9.17, 15) is 5.21 Å². The quantitative estimate of drug-likeness (QED) is 0.455. The van der Waals surface area contributed by atoms with Gasteiger partial charge in [0.15, 0.2) is 0 Å². The van der Waals surface area contributed by atoms with E-state index in [0.717, 1.165) is 25.9 Å². The summed E-state index contributed by atoms with van der Waals surface area (Å²) >= 11 is 0. The standard InChI is InChI=1S/C7H18NO/c1-4-6-8(3,9)7-5-2/h9H,4-7H2,1-3H3/q+1. The molecule has 0 aliphatic rings. The van der Waals surface area contributed by atoms with Gasteiger partial charge in [0.2, 0.25) is 0 Å². The molecule has 0 radical (unpaired) electrons. The maximum absolute atomic E-state index is 9.45. The van der Waals surface area contributed by atoms with Gasteiger partial charge < -0.3 is 0 Å². The molecule has 0 spiro atoms. The lowest BCUT2D eigenvalue weighted by molar-refractivity contribution is -1.09. The molecule has 0 fully saturated rings. The van der Waals surface area contributed by atoms with Crippen LogP contribution >= 0.6 is 0 Å².